The Bertz CT molecular complexity index is 735. The molecule has 0 amide bonds. The second-order valence-electron chi connectivity index (χ2n) is 5.22. The van der Waals surface area contributed by atoms with E-state index in [0.717, 1.165) is 38.2 Å². The summed E-state index contributed by atoms with van der Waals surface area (Å²) in [4.78, 5) is 4.31. The molecule has 25 heavy (non-hydrogen) atoms. The van der Waals surface area contributed by atoms with Crippen LogP contribution in [0.3, 0.4) is 0 Å². The molecule has 0 aliphatic heterocycles. The zero-order chi connectivity index (χ0) is 18.2. The fourth-order valence-corrected chi connectivity index (χ4v) is 3.55. The van der Waals surface area contributed by atoms with Crippen molar-refractivity contribution in [2.45, 2.75) is 33.6 Å². The fraction of sp³-hybridized carbons (Fsp3) is 0.412. The van der Waals surface area contributed by atoms with Crippen molar-refractivity contribution in [3.05, 3.63) is 31.6 Å². The molecule has 2 rings (SSSR count). The highest BCUT2D eigenvalue weighted by Crippen LogP contribution is 2.42. The van der Waals surface area contributed by atoms with Gasteiger partial charge in [-0.2, -0.15) is 5.10 Å². The number of halogens is 2. The molecular formula is C17H21Br2N3O2S. The fourth-order valence-electron chi connectivity index (χ4n) is 1.98. The number of hydrazone groups is 1. The summed E-state index contributed by atoms with van der Waals surface area (Å²) in [6.07, 6.45) is 3.80. The molecule has 8 heteroatoms. The molecule has 1 aromatic heterocycles. The number of unbranched alkanes of at least 4 members (excludes halogenated alkanes) is 1. The maximum Gasteiger partial charge on any atom is 0.203 e. The van der Waals surface area contributed by atoms with Gasteiger partial charge in [0, 0.05) is 15.4 Å². The Labute approximate surface area is 169 Å². The quantitative estimate of drug-likeness (QED) is 0.266. The number of ether oxygens (including phenoxy) is 2. The predicted octanol–water partition coefficient (Wildman–Crippen LogP) is 6.00. The van der Waals surface area contributed by atoms with E-state index in [4.69, 9.17) is 9.47 Å². The Morgan fingerprint density at radius 3 is 2.72 bits per heavy atom. The van der Waals surface area contributed by atoms with E-state index in [9.17, 15) is 0 Å². The number of anilines is 1. The van der Waals surface area contributed by atoms with Gasteiger partial charge < -0.3 is 9.47 Å². The average molecular weight is 491 g/mol. The number of aromatic nitrogens is 1. The van der Waals surface area contributed by atoms with Crippen molar-refractivity contribution >= 4 is 54.5 Å². The van der Waals surface area contributed by atoms with Crippen molar-refractivity contribution in [2.75, 3.05) is 18.6 Å². The van der Waals surface area contributed by atoms with Gasteiger partial charge in [-0.3, -0.25) is 5.43 Å². The topological polar surface area (TPSA) is 55.7 Å². The standard InChI is InChI=1S/C17H21Br2N3O2S/c1-4-6-7-24-16-13(23-5-2)8-12(14(18)15(16)19)9-20-22-17-21-11(3)10-25-17/h8-10H,4-7H2,1-3H3,(H,21,22). The maximum atomic E-state index is 5.90. The van der Waals surface area contributed by atoms with E-state index in [1.807, 2.05) is 25.3 Å². The number of hydrogen-bond donors (Lipinski definition) is 1. The number of aryl methyl sites for hydroxylation is 1. The molecule has 0 fully saturated rings. The second kappa shape index (κ2) is 10.1. The average Bonchev–Trinajstić information content (AvgIpc) is 3.00. The van der Waals surface area contributed by atoms with Crippen molar-refractivity contribution in [3.8, 4) is 11.5 Å². The minimum atomic E-state index is 0.561. The molecule has 0 bridgehead atoms. The first kappa shape index (κ1) is 20.2. The number of hydrogen-bond acceptors (Lipinski definition) is 6. The first-order valence-corrected chi connectivity index (χ1v) is 10.5. The molecule has 136 valence electrons. The van der Waals surface area contributed by atoms with Gasteiger partial charge in [0.25, 0.3) is 0 Å². The highest BCUT2D eigenvalue weighted by Gasteiger charge is 2.16. The van der Waals surface area contributed by atoms with Crippen LogP contribution in [0.1, 0.15) is 37.9 Å². The number of nitrogens with one attached hydrogen (secondary N) is 1. The van der Waals surface area contributed by atoms with Crippen LogP contribution in [0.25, 0.3) is 0 Å². The lowest BCUT2D eigenvalue weighted by atomic mass is 10.2. The zero-order valence-corrected chi connectivity index (χ0v) is 18.4. The van der Waals surface area contributed by atoms with Crippen molar-refractivity contribution in [3.63, 3.8) is 0 Å². The number of nitrogens with zero attached hydrogens (tertiary/aromatic N) is 2. The van der Waals surface area contributed by atoms with Gasteiger partial charge in [0.2, 0.25) is 5.13 Å². The van der Waals surface area contributed by atoms with Gasteiger partial charge in [0.1, 0.15) is 0 Å². The lowest BCUT2D eigenvalue weighted by molar-refractivity contribution is 0.271. The van der Waals surface area contributed by atoms with Gasteiger partial charge >= 0.3 is 0 Å². The van der Waals surface area contributed by atoms with Crippen LogP contribution in [0, 0.1) is 6.92 Å². The van der Waals surface area contributed by atoms with E-state index in [0.29, 0.717) is 24.7 Å². The number of benzene rings is 1. The van der Waals surface area contributed by atoms with Gasteiger partial charge in [-0.15, -0.1) is 11.3 Å². The number of thiazole rings is 1. The third-order valence-corrected chi connectivity index (χ3v) is 6.19. The van der Waals surface area contributed by atoms with Crippen LogP contribution < -0.4 is 14.9 Å². The van der Waals surface area contributed by atoms with E-state index >= 15 is 0 Å². The summed E-state index contributed by atoms with van der Waals surface area (Å²) in [6, 6.07) is 1.91. The van der Waals surface area contributed by atoms with E-state index < -0.39 is 0 Å². The lowest BCUT2D eigenvalue weighted by Gasteiger charge is -2.16. The molecule has 1 aromatic carbocycles. The molecule has 0 unspecified atom stereocenters. The summed E-state index contributed by atoms with van der Waals surface area (Å²) in [5, 5.41) is 6.99. The van der Waals surface area contributed by atoms with E-state index in [1.54, 1.807) is 6.21 Å². The zero-order valence-electron chi connectivity index (χ0n) is 14.4. The van der Waals surface area contributed by atoms with E-state index in [2.05, 4.69) is 54.3 Å². The lowest BCUT2D eigenvalue weighted by Crippen LogP contribution is -2.03. The normalized spacial score (nSPS) is 11.1. The third-order valence-electron chi connectivity index (χ3n) is 3.18. The molecule has 2 aromatic rings. The van der Waals surface area contributed by atoms with Gasteiger partial charge in [0.15, 0.2) is 11.5 Å². The van der Waals surface area contributed by atoms with Crippen molar-refractivity contribution in [2.24, 2.45) is 5.10 Å². The smallest absolute Gasteiger partial charge is 0.203 e. The molecule has 0 atom stereocenters. The molecule has 0 aliphatic rings. The Kier molecular flexibility index (Phi) is 8.18. The molecule has 0 radical (unpaired) electrons. The summed E-state index contributed by atoms with van der Waals surface area (Å²) < 4.78 is 13.3. The minimum Gasteiger partial charge on any atom is -0.490 e. The van der Waals surface area contributed by atoms with E-state index in [1.165, 1.54) is 11.3 Å². The monoisotopic (exact) mass is 489 g/mol. The van der Waals surface area contributed by atoms with Crippen molar-refractivity contribution in [1.82, 2.24) is 4.98 Å². The van der Waals surface area contributed by atoms with Gasteiger partial charge in [-0.05, 0) is 58.2 Å². The van der Waals surface area contributed by atoms with Gasteiger partial charge in [-0.1, -0.05) is 13.3 Å². The molecular weight excluding hydrogens is 470 g/mol. The molecule has 5 nitrogen and oxygen atoms in total. The highest BCUT2D eigenvalue weighted by atomic mass is 79.9. The summed E-state index contributed by atoms with van der Waals surface area (Å²) in [6.45, 7) is 7.25. The maximum absolute atomic E-state index is 5.90. The van der Waals surface area contributed by atoms with E-state index in [-0.39, 0.29) is 0 Å². The summed E-state index contributed by atoms with van der Waals surface area (Å²) in [7, 11) is 0. The summed E-state index contributed by atoms with van der Waals surface area (Å²) in [5.41, 5.74) is 4.78. The second-order valence-corrected chi connectivity index (χ2v) is 7.66. The van der Waals surface area contributed by atoms with Crippen LogP contribution in [-0.4, -0.2) is 24.4 Å². The molecule has 0 aliphatic carbocycles. The molecule has 0 saturated heterocycles. The third kappa shape index (κ3) is 5.69. The Morgan fingerprint density at radius 2 is 2.08 bits per heavy atom. The largest absolute Gasteiger partial charge is 0.490 e. The summed E-state index contributed by atoms with van der Waals surface area (Å²) >= 11 is 8.72. The van der Waals surface area contributed by atoms with Crippen LogP contribution >= 0.6 is 43.2 Å². The molecule has 0 saturated carbocycles. The molecule has 1 N–H and O–H groups in total. The SMILES string of the molecule is CCCCOc1c(OCC)cc(C=NNc2nc(C)cs2)c(Br)c1Br. The Morgan fingerprint density at radius 1 is 1.28 bits per heavy atom. The van der Waals surface area contributed by atoms with Crippen LogP contribution in [0.5, 0.6) is 11.5 Å². The Hall–Kier alpha value is -1.12. The first-order chi connectivity index (χ1) is 12.1. The predicted molar refractivity (Wildman–Crippen MR) is 111 cm³/mol. The molecule has 1 heterocycles. The minimum absolute atomic E-state index is 0.561. The summed E-state index contributed by atoms with van der Waals surface area (Å²) in [5.74, 6) is 1.41. The molecule has 0 spiro atoms. The van der Waals surface area contributed by atoms with Crippen LogP contribution in [0.4, 0.5) is 5.13 Å². The van der Waals surface area contributed by atoms with Crippen LogP contribution in [0.15, 0.2) is 25.5 Å². The van der Waals surface area contributed by atoms with Crippen LogP contribution in [-0.2, 0) is 0 Å². The van der Waals surface area contributed by atoms with Crippen LogP contribution in [0.2, 0.25) is 0 Å². The van der Waals surface area contributed by atoms with Gasteiger partial charge in [-0.25, -0.2) is 4.98 Å². The van der Waals surface area contributed by atoms with Crippen molar-refractivity contribution in [1.29, 1.82) is 0 Å². The Balaban J connectivity index is 2.22. The highest BCUT2D eigenvalue weighted by molar-refractivity contribution is 9.13. The first-order valence-electron chi connectivity index (χ1n) is 8.05. The van der Waals surface area contributed by atoms with Crippen molar-refractivity contribution < 1.29 is 9.47 Å². The number of rotatable bonds is 9. The van der Waals surface area contributed by atoms with Gasteiger partial charge in [0.05, 0.1) is 29.6 Å².